The largest absolute Gasteiger partial charge is 0.416 e. The summed E-state index contributed by atoms with van der Waals surface area (Å²) >= 11 is 0. The van der Waals surface area contributed by atoms with Crippen molar-refractivity contribution in [2.45, 2.75) is 19.1 Å². The molecule has 1 N–H and O–H groups in total. The topological polar surface area (TPSA) is 74.5 Å². The number of hydrogen-bond acceptors (Lipinski definition) is 6. The Balaban J connectivity index is 1.31. The minimum atomic E-state index is -4.45. The molecule has 3 aromatic rings. The smallest absolute Gasteiger partial charge is 0.337 e. The molecule has 1 aliphatic heterocycles. The van der Waals surface area contributed by atoms with Gasteiger partial charge in [0, 0.05) is 37.4 Å². The Hall–Kier alpha value is -3.31. The summed E-state index contributed by atoms with van der Waals surface area (Å²) in [7, 11) is 0. The first kappa shape index (κ1) is 23.8. The number of aromatic nitrogens is 2. The maximum atomic E-state index is 13.3. The van der Waals surface area contributed by atoms with Crippen LogP contribution in [0.3, 0.4) is 0 Å². The van der Waals surface area contributed by atoms with Crippen molar-refractivity contribution in [3.05, 3.63) is 65.8 Å². The third kappa shape index (κ3) is 5.78. The molecule has 1 aliphatic rings. The number of anilines is 1. The molecule has 11 heteroatoms. The number of nitrogens with one attached hydrogen (secondary N) is 1. The highest BCUT2D eigenvalue weighted by molar-refractivity contribution is 5.92. The first-order chi connectivity index (χ1) is 16.2. The van der Waals surface area contributed by atoms with Gasteiger partial charge >= 0.3 is 6.18 Å². The van der Waals surface area contributed by atoms with E-state index in [1.54, 1.807) is 6.07 Å². The van der Waals surface area contributed by atoms with Crippen molar-refractivity contribution in [1.29, 1.82) is 0 Å². The summed E-state index contributed by atoms with van der Waals surface area (Å²) < 4.78 is 57.5. The van der Waals surface area contributed by atoms with Crippen molar-refractivity contribution in [3.8, 4) is 11.4 Å². The minimum absolute atomic E-state index is 0.0978. The molecule has 180 valence electrons. The number of benzene rings is 2. The predicted octanol–water partition coefficient (Wildman–Crippen LogP) is 4.21. The fraction of sp³-hybridized carbons (Fsp3) is 0.348. The van der Waals surface area contributed by atoms with Gasteiger partial charge in [0.15, 0.2) is 0 Å². The van der Waals surface area contributed by atoms with Crippen LogP contribution in [0.4, 0.5) is 23.2 Å². The molecule has 1 saturated heterocycles. The number of amides is 1. The number of nitrogens with zero attached hydrogens (tertiary/aromatic N) is 4. The van der Waals surface area contributed by atoms with E-state index in [4.69, 9.17) is 4.52 Å². The van der Waals surface area contributed by atoms with Crippen LogP contribution >= 0.6 is 0 Å². The van der Waals surface area contributed by atoms with Crippen molar-refractivity contribution < 1.29 is 26.9 Å². The average molecular weight is 477 g/mol. The number of rotatable bonds is 6. The monoisotopic (exact) mass is 477 g/mol. The van der Waals surface area contributed by atoms with E-state index in [1.807, 2.05) is 11.8 Å². The zero-order valence-electron chi connectivity index (χ0n) is 18.3. The lowest BCUT2D eigenvalue weighted by molar-refractivity contribution is -0.137. The van der Waals surface area contributed by atoms with Crippen LogP contribution in [0, 0.1) is 5.82 Å². The summed E-state index contributed by atoms with van der Waals surface area (Å²) in [5.41, 5.74) is -0.140. The summed E-state index contributed by atoms with van der Waals surface area (Å²) in [6, 6.07) is 10.3. The van der Waals surface area contributed by atoms with Gasteiger partial charge in [0.25, 0.3) is 0 Å². The molecule has 0 radical (unpaired) electrons. The lowest BCUT2D eigenvalue weighted by atomic mass is 10.1. The van der Waals surface area contributed by atoms with Gasteiger partial charge in [0.05, 0.1) is 18.2 Å². The molecule has 2 aromatic carbocycles. The average Bonchev–Trinajstić information content (AvgIpc) is 3.29. The van der Waals surface area contributed by atoms with Crippen LogP contribution in [0.2, 0.25) is 0 Å². The van der Waals surface area contributed by atoms with Crippen molar-refractivity contribution in [2.75, 3.05) is 38.0 Å². The Morgan fingerprint density at radius 2 is 1.85 bits per heavy atom. The zero-order chi connectivity index (χ0) is 24.3. The van der Waals surface area contributed by atoms with Gasteiger partial charge < -0.3 is 9.84 Å². The summed E-state index contributed by atoms with van der Waals surface area (Å²) in [6.45, 7) is 4.57. The molecular weight excluding hydrogens is 454 g/mol. The Kier molecular flexibility index (Phi) is 6.94. The minimum Gasteiger partial charge on any atom is -0.337 e. The van der Waals surface area contributed by atoms with Crippen LogP contribution in [0.5, 0.6) is 0 Å². The van der Waals surface area contributed by atoms with Gasteiger partial charge in [0.2, 0.25) is 17.6 Å². The molecule has 0 spiro atoms. The predicted molar refractivity (Wildman–Crippen MR) is 116 cm³/mol. The molecule has 1 aromatic heterocycles. The van der Waals surface area contributed by atoms with Gasteiger partial charge in [-0.15, -0.1) is 0 Å². The third-order valence-electron chi connectivity index (χ3n) is 5.68. The molecule has 0 unspecified atom stereocenters. The molecule has 34 heavy (non-hydrogen) atoms. The van der Waals surface area contributed by atoms with Crippen LogP contribution in [-0.4, -0.2) is 58.6 Å². The normalized spacial score (nSPS) is 16.4. The van der Waals surface area contributed by atoms with E-state index in [2.05, 4.69) is 20.4 Å². The van der Waals surface area contributed by atoms with E-state index in [1.165, 1.54) is 30.3 Å². The molecule has 4 rings (SSSR count). The SMILES string of the molecule is C[C@@H](c1nc(-c2cccc(C(F)(F)F)c2)no1)N1CCN(CC(=O)Nc2cccc(F)c2)CC1. The van der Waals surface area contributed by atoms with Crippen molar-refractivity contribution in [2.24, 2.45) is 0 Å². The molecular formula is C23H23F4N5O2. The lowest BCUT2D eigenvalue weighted by Gasteiger charge is -2.36. The quantitative estimate of drug-likeness (QED) is 0.536. The summed E-state index contributed by atoms with van der Waals surface area (Å²) in [5, 5.41) is 6.54. The molecule has 0 aliphatic carbocycles. The molecule has 7 nitrogen and oxygen atoms in total. The molecule has 1 atom stereocenters. The third-order valence-corrected chi connectivity index (χ3v) is 5.68. The van der Waals surface area contributed by atoms with Gasteiger partial charge in [-0.25, -0.2) is 4.39 Å². The molecule has 0 bridgehead atoms. The van der Waals surface area contributed by atoms with Gasteiger partial charge in [-0.2, -0.15) is 18.2 Å². The highest BCUT2D eigenvalue weighted by Gasteiger charge is 2.31. The second kappa shape index (κ2) is 9.90. The summed E-state index contributed by atoms with van der Waals surface area (Å²) in [6.07, 6.45) is -4.45. The van der Waals surface area contributed by atoms with Crippen LogP contribution in [0.1, 0.15) is 24.4 Å². The van der Waals surface area contributed by atoms with Gasteiger partial charge in [-0.1, -0.05) is 23.4 Å². The maximum absolute atomic E-state index is 13.3. The summed E-state index contributed by atoms with van der Waals surface area (Å²) in [4.78, 5) is 20.7. The fourth-order valence-corrected chi connectivity index (χ4v) is 3.79. The van der Waals surface area contributed by atoms with E-state index in [0.717, 1.165) is 12.1 Å². The number of hydrogen-bond donors (Lipinski definition) is 1. The standard InChI is InChI=1S/C23H23F4N5O2/c1-15(22-29-21(30-34-22)16-4-2-5-17(12-16)23(25,26)27)32-10-8-31(9-11-32)14-20(33)28-19-7-3-6-18(24)13-19/h2-7,12-13,15H,8-11,14H2,1H3,(H,28,33)/t15-/m0/s1. The first-order valence-electron chi connectivity index (χ1n) is 10.7. The highest BCUT2D eigenvalue weighted by Crippen LogP contribution is 2.32. The number of halogens is 4. The fourth-order valence-electron chi connectivity index (χ4n) is 3.79. The van der Waals surface area contributed by atoms with Crippen molar-refractivity contribution in [3.63, 3.8) is 0 Å². The van der Waals surface area contributed by atoms with Crippen molar-refractivity contribution >= 4 is 11.6 Å². The van der Waals surface area contributed by atoms with Crippen LogP contribution in [0.15, 0.2) is 53.1 Å². The first-order valence-corrected chi connectivity index (χ1v) is 10.7. The van der Waals surface area contributed by atoms with E-state index in [9.17, 15) is 22.4 Å². The van der Waals surface area contributed by atoms with Crippen LogP contribution < -0.4 is 5.32 Å². The number of alkyl halides is 3. The Labute approximate surface area is 193 Å². The Morgan fingerprint density at radius 3 is 2.56 bits per heavy atom. The second-order valence-corrected chi connectivity index (χ2v) is 8.08. The van der Waals surface area contributed by atoms with E-state index in [-0.39, 0.29) is 29.9 Å². The molecule has 1 fully saturated rings. The molecule has 0 saturated carbocycles. The van der Waals surface area contributed by atoms with E-state index >= 15 is 0 Å². The number of carbonyl (C=O) groups is 1. The zero-order valence-corrected chi connectivity index (χ0v) is 18.3. The van der Waals surface area contributed by atoms with Gasteiger partial charge in [0.1, 0.15) is 5.82 Å². The number of piperazine rings is 1. The maximum Gasteiger partial charge on any atom is 0.416 e. The summed E-state index contributed by atoms with van der Waals surface area (Å²) in [5.74, 6) is -0.238. The van der Waals surface area contributed by atoms with E-state index < -0.39 is 17.6 Å². The molecule has 1 amide bonds. The second-order valence-electron chi connectivity index (χ2n) is 8.08. The van der Waals surface area contributed by atoms with Crippen molar-refractivity contribution in [1.82, 2.24) is 19.9 Å². The van der Waals surface area contributed by atoms with Gasteiger partial charge in [-0.3, -0.25) is 14.6 Å². The Morgan fingerprint density at radius 1 is 1.12 bits per heavy atom. The molecule has 2 heterocycles. The van der Waals surface area contributed by atoms with Crippen LogP contribution in [0.25, 0.3) is 11.4 Å². The lowest BCUT2D eigenvalue weighted by Crippen LogP contribution is -2.49. The van der Waals surface area contributed by atoms with E-state index in [0.29, 0.717) is 37.8 Å². The number of carbonyl (C=O) groups excluding carboxylic acids is 1. The Bertz CT molecular complexity index is 1140. The highest BCUT2D eigenvalue weighted by atomic mass is 19.4. The van der Waals surface area contributed by atoms with Crippen LogP contribution in [-0.2, 0) is 11.0 Å². The van der Waals surface area contributed by atoms with Gasteiger partial charge in [-0.05, 0) is 37.3 Å².